The average Bonchev–Trinajstić information content (AvgIpc) is 2.40. The molecule has 0 aliphatic carbocycles. The molecule has 2 rings (SSSR count). The molecule has 0 spiro atoms. The fraction of sp³-hybridized carbons (Fsp3) is 0.500. The van der Waals surface area contributed by atoms with Gasteiger partial charge in [0.15, 0.2) is 0 Å². The van der Waals surface area contributed by atoms with Crippen molar-refractivity contribution in [1.29, 1.82) is 0 Å². The van der Waals surface area contributed by atoms with E-state index in [4.69, 9.17) is 0 Å². The number of piperidine rings is 1. The van der Waals surface area contributed by atoms with Gasteiger partial charge in [0, 0.05) is 31.4 Å². The summed E-state index contributed by atoms with van der Waals surface area (Å²) < 4.78 is 0. The van der Waals surface area contributed by atoms with Gasteiger partial charge in [-0.05, 0) is 44.1 Å². The first-order chi connectivity index (χ1) is 8.66. The van der Waals surface area contributed by atoms with Crippen molar-refractivity contribution in [3.8, 4) is 0 Å². The lowest BCUT2D eigenvalue weighted by molar-refractivity contribution is 0.0929. The highest BCUT2D eigenvalue weighted by atomic mass is 16.1. The second kappa shape index (κ2) is 5.87. The first kappa shape index (κ1) is 12.9. The number of amides is 1. The Bertz CT molecular complexity index is 411. The number of carbonyl (C=O) groups excluding carboxylic acids is 1. The van der Waals surface area contributed by atoms with Crippen LogP contribution in [0.2, 0.25) is 0 Å². The van der Waals surface area contributed by atoms with Crippen LogP contribution in [0.5, 0.6) is 0 Å². The molecule has 0 bridgehead atoms. The molecule has 4 nitrogen and oxygen atoms in total. The van der Waals surface area contributed by atoms with Crippen LogP contribution >= 0.6 is 0 Å². The molecule has 98 valence electrons. The predicted molar refractivity (Wildman–Crippen MR) is 74.1 cm³/mol. The first-order valence-corrected chi connectivity index (χ1v) is 6.46. The summed E-state index contributed by atoms with van der Waals surface area (Å²) >= 11 is 0. The Morgan fingerprint density at radius 1 is 1.33 bits per heavy atom. The molecule has 2 N–H and O–H groups in total. The SMILES string of the molecule is CN(C)c1cccc(C(=O)NC2CCNCC2)c1. The molecular formula is C14H21N3O. The average molecular weight is 247 g/mol. The van der Waals surface area contributed by atoms with Gasteiger partial charge in [-0.3, -0.25) is 4.79 Å². The molecule has 18 heavy (non-hydrogen) atoms. The third-order valence-corrected chi connectivity index (χ3v) is 3.30. The maximum Gasteiger partial charge on any atom is 0.251 e. The molecule has 1 aliphatic heterocycles. The van der Waals surface area contributed by atoms with E-state index in [9.17, 15) is 4.79 Å². The molecule has 1 fully saturated rings. The molecule has 0 aromatic heterocycles. The Hall–Kier alpha value is -1.55. The van der Waals surface area contributed by atoms with E-state index >= 15 is 0 Å². The number of nitrogens with one attached hydrogen (secondary N) is 2. The van der Waals surface area contributed by atoms with E-state index in [-0.39, 0.29) is 5.91 Å². The van der Waals surface area contributed by atoms with Crippen LogP contribution in [0.1, 0.15) is 23.2 Å². The van der Waals surface area contributed by atoms with Gasteiger partial charge in [0.25, 0.3) is 5.91 Å². The lowest BCUT2D eigenvalue weighted by Gasteiger charge is -2.24. The topological polar surface area (TPSA) is 44.4 Å². The summed E-state index contributed by atoms with van der Waals surface area (Å²) in [6.07, 6.45) is 2.03. The number of nitrogens with zero attached hydrogens (tertiary/aromatic N) is 1. The van der Waals surface area contributed by atoms with Crippen molar-refractivity contribution >= 4 is 11.6 Å². The highest BCUT2D eigenvalue weighted by molar-refractivity contribution is 5.95. The van der Waals surface area contributed by atoms with Gasteiger partial charge in [0.2, 0.25) is 0 Å². The Morgan fingerprint density at radius 2 is 2.06 bits per heavy atom. The van der Waals surface area contributed by atoms with Gasteiger partial charge in [-0.15, -0.1) is 0 Å². The summed E-state index contributed by atoms with van der Waals surface area (Å²) in [7, 11) is 3.95. The van der Waals surface area contributed by atoms with Crippen molar-refractivity contribution in [2.24, 2.45) is 0 Å². The van der Waals surface area contributed by atoms with Crippen LogP contribution in [-0.4, -0.2) is 39.1 Å². The van der Waals surface area contributed by atoms with Gasteiger partial charge < -0.3 is 15.5 Å². The van der Waals surface area contributed by atoms with Crippen molar-refractivity contribution in [2.45, 2.75) is 18.9 Å². The first-order valence-electron chi connectivity index (χ1n) is 6.46. The zero-order valence-corrected chi connectivity index (χ0v) is 11.1. The molecule has 0 unspecified atom stereocenters. The van der Waals surface area contributed by atoms with Crippen LogP contribution in [0.3, 0.4) is 0 Å². The van der Waals surface area contributed by atoms with E-state index in [0.29, 0.717) is 6.04 Å². The van der Waals surface area contributed by atoms with Crippen LogP contribution in [0.4, 0.5) is 5.69 Å². The van der Waals surface area contributed by atoms with Gasteiger partial charge in [-0.1, -0.05) is 6.07 Å². The van der Waals surface area contributed by atoms with Crippen molar-refractivity contribution in [2.75, 3.05) is 32.1 Å². The maximum absolute atomic E-state index is 12.1. The number of rotatable bonds is 3. The molecule has 1 amide bonds. The number of carbonyl (C=O) groups is 1. The minimum absolute atomic E-state index is 0.0330. The molecule has 1 saturated heterocycles. The summed E-state index contributed by atoms with van der Waals surface area (Å²) in [4.78, 5) is 14.1. The highest BCUT2D eigenvalue weighted by Gasteiger charge is 2.16. The monoisotopic (exact) mass is 247 g/mol. The van der Waals surface area contributed by atoms with Crippen molar-refractivity contribution < 1.29 is 4.79 Å². The summed E-state index contributed by atoms with van der Waals surface area (Å²) in [5.41, 5.74) is 1.78. The summed E-state index contributed by atoms with van der Waals surface area (Å²) in [5, 5.41) is 6.40. The fourth-order valence-electron chi connectivity index (χ4n) is 2.16. The lowest BCUT2D eigenvalue weighted by atomic mass is 10.1. The van der Waals surface area contributed by atoms with E-state index in [1.54, 1.807) is 0 Å². The fourth-order valence-corrected chi connectivity index (χ4v) is 2.16. The molecule has 0 atom stereocenters. The third kappa shape index (κ3) is 3.23. The van der Waals surface area contributed by atoms with Gasteiger partial charge in [-0.2, -0.15) is 0 Å². The molecule has 0 radical (unpaired) electrons. The van der Waals surface area contributed by atoms with Crippen LogP contribution in [-0.2, 0) is 0 Å². The Balaban J connectivity index is 2.01. The van der Waals surface area contributed by atoms with Gasteiger partial charge >= 0.3 is 0 Å². The summed E-state index contributed by atoms with van der Waals surface area (Å²) in [6, 6.07) is 8.02. The van der Waals surface area contributed by atoms with Crippen LogP contribution < -0.4 is 15.5 Å². The lowest BCUT2D eigenvalue weighted by Crippen LogP contribution is -2.42. The van der Waals surface area contributed by atoms with Gasteiger partial charge in [0.1, 0.15) is 0 Å². The molecule has 4 heteroatoms. The van der Waals surface area contributed by atoms with Crippen LogP contribution in [0.15, 0.2) is 24.3 Å². The Morgan fingerprint density at radius 3 is 2.72 bits per heavy atom. The third-order valence-electron chi connectivity index (χ3n) is 3.30. The van der Waals surface area contributed by atoms with Gasteiger partial charge in [0.05, 0.1) is 0 Å². The molecule has 1 aromatic rings. The second-order valence-corrected chi connectivity index (χ2v) is 4.94. The molecule has 1 aliphatic rings. The van der Waals surface area contributed by atoms with E-state index in [1.165, 1.54) is 0 Å². The standard InChI is InChI=1S/C14H21N3O/c1-17(2)13-5-3-4-11(10-13)14(18)16-12-6-8-15-9-7-12/h3-5,10,12,15H,6-9H2,1-2H3,(H,16,18). The summed E-state index contributed by atoms with van der Waals surface area (Å²) in [6.45, 7) is 1.98. The highest BCUT2D eigenvalue weighted by Crippen LogP contribution is 2.14. The quantitative estimate of drug-likeness (QED) is 0.844. The second-order valence-electron chi connectivity index (χ2n) is 4.94. The Kier molecular flexibility index (Phi) is 4.20. The number of hydrogen-bond donors (Lipinski definition) is 2. The predicted octanol–water partition coefficient (Wildman–Crippen LogP) is 1.23. The maximum atomic E-state index is 12.1. The summed E-state index contributed by atoms with van der Waals surface area (Å²) in [5.74, 6) is 0.0330. The minimum atomic E-state index is 0.0330. The van der Waals surface area contributed by atoms with E-state index in [1.807, 2.05) is 43.3 Å². The zero-order chi connectivity index (χ0) is 13.0. The van der Waals surface area contributed by atoms with Crippen LogP contribution in [0, 0.1) is 0 Å². The van der Waals surface area contributed by atoms with Crippen molar-refractivity contribution in [3.63, 3.8) is 0 Å². The zero-order valence-electron chi connectivity index (χ0n) is 11.1. The largest absolute Gasteiger partial charge is 0.378 e. The molecule has 1 aromatic carbocycles. The number of hydrogen-bond acceptors (Lipinski definition) is 3. The Labute approximate surface area is 108 Å². The molecule has 0 saturated carbocycles. The van der Waals surface area contributed by atoms with Crippen molar-refractivity contribution in [3.05, 3.63) is 29.8 Å². The van der Waals surface area contributed by atoms with E-state index in [0.717, 1.165) is 37.2 Å². The van der Waals surface area contributed by atoms with Crippen LogP contribution in [0.25, 0.3) is 0 Å². The number of benzene rings is 1. The normalized spacial score (nSPS) is 16.3. The van der Waals surface area contributed by atoms with Gasteiger partial charge in [-0.25, -0.2) is 0 Å². The smallest absolute Gasteiger partial charge is 0.251 e. The number of anilines is 1. The van der Waals surface area contributed by atoms with Crippen molar-refractivity contribution in [1.82, 2.24) is 10.6 Å². The molecular weight excluding hydrogens is 226 g/mol. The van der Waals surface area contributed by atoms with E-state index in [2.05, 4.69) is 10.6 Å². The molecule has 1 heterocycles. The minimum Gasteiger partial charge on any atom is -0.378 e. The van der Waals surface area contributed by atoms with E-state index < -0.39 is 0 Å².